The third-order valence-electron chi connectivity index (χ3n) is 2.70. The third-order valence-corrected chi connectivity index (χ3v) is 3.31. The van der Waals surface area contributed by atoms with E-state index < -0.39 is 6.10 Å². The molecule has 1 atom stereocenters. The first-order valence-corrected chi connectivity index (χ1v) is 6.25. The largest absolute Gasteiger partial charge is 0.380 e. The van der Waals surface area contributed by atoms with Gasteiger partial charge in [-0.2, -0.15) is 5.10 Å². The van der Waals surface area contributed by atoms with E-state index in [1.54, 1.807) is 17.1 Å². The van der Waals surface area contributed by atoms with E-state index in [-0.39, 0.29) is 0 Å². The van der Waals surface area contributed by atoms with Crippen LogP contribution in [0.25, 0.3) is 0 Å². The van der Waals surface area contributed by atoms with Crippen molar-refractivity contribution >= 4 is 15.9 Å². The highest BCUT2D eigenvalue weighted by Gasteiger charge is 2.21. The summed E-state index contributed by atoms with van der Waals surface area (Å²) in [5, 5.41) is 14.6. The molecule has 0 bridgehead atoms. The molecule has 0 aromatic carbocycles. The Labute approximate surface area is 108 Å². The lowest BCUT2D eigenvalue weighted by Gasteiger charge is -2.14. The van der Waals surface area contributed by atoms with Gasteiger partial charge in [0.2, 0.25) is 0 Å². The average molecular weight is 296 g/mol. The van der Waals surface area contributed by atoms with Crippen molar-refractivity contribution in [2.45, 2.75) is 26.5 Å². The Bertz CT molecular complexity index is 524. The van der Waals surface area contributed by atoms with Crippen LogP contribution in [0.5, 0.6) is 0 Å². The molecule has 1 unspecified atom stereocenters. The van der Waals surface area contributed by atoms with Gasteiger partial charge < -0.3 is 5.11 Å². The molecule has 0 saturated heterocycles. The Balaban J connectivity index is 2.47. The summed E-state index contributed by atoms with van der Waals surface area (Å²) in [4.78, 5) is 4.24. The van der Waals surface area contributed by atoms with E-state index in [4.69, 9.17) is 0 Å². The van der Waals surface area contributed by atoms with Crippen LogP contribution in [0.15, 0.2) is 29.0 Å². The molecule has 5 heteroatoms. The molecule has 1 N–H and O–H groups in total. The molecule has 2 aromatic heterocycles. The standard InChI is InChI=1S/C12H14BrN3O/c1-3-16-11(9(13)7-15-16)12(17)10-8(2)5-4-6-14-10/h4-7,12,17H,3H2,1-2H3. The smallest absolute Gasteiger partial charge is 0.139 e. The molecule has 0 amide bonds. The molecule has 0 radical (unpaired) electrons. The molecular formula is C12H14BrN3O. The van der Waals surface area contributed by atoms with Gasteiger partial charge in [-0.25, -0.2) is 0 Å². The second-order valence-corrected chi connectivity index (χ2v) is 4.66. The minimum absolute atomic E-state index is 0.670. The van der Waals surface area contributed by atoms with E-state index in [0.717, 1.165) is 15.7 Å². The molecule has 0 saturated carbocycles. The van der Waals surface area contributed by atoms with Crippen molar-refractivity contribution in [1.29, 1.82) is 0 Å². The minimum atomic E-state index is -0.756. The van der Waals surface area contributed by atoms with Crippen molar-refractivity contribution in [3.63, 3.8) is 0 Å². The number of nitrogens with zero attached hydrogens (tertiary/aromatic N) is 3. The van der Waals surface area contributed by atoms with Crippen molar-refractivity contribution in [3.8, 4) is 0 Å². The number of hydrogen-bond acceptors (Lipinski definition) is 3. The summed E-state index contributed by atoms with van der Waals surface area (Å²) in [6, 6.07) is 3.80. The van der Waals surface area contributed by atoms with E-state index in [1.165, 1.54) is 0 Å². The zero-order valence-corrected chi connectivity index (χ0v) is 11.3. The number of aromatic nitrogens is 3. The van der Waals surface area contributed by atoms with Crippen molar-refractivity contribution in [3.05, 3.63) is 46.0 Å². The van der Waals surface area contributed by atoms with Crippen LogP contribution in [-0.4, -0.2) is 19.9 Å². The lowest BCUT2D eigenvalue weighted by molar-refractivity contribution is 0.201. The van der Waals surface area contributed by atoms with E-state index in [1.807, 2.05) is 26.0 Å². The van der Waals surface area contributed by atoms with Crippen molar-refractivity contribution in [2.24, 2.45) is 0 Å². The Kier molecular flexibility index (Phi) is 3.59. The third kappa shape index (κ3) is 2.25. The molecule has 17 heavy (non-hydrogen) atoms. The van der Waals surface area contributed by atoms with E-state index >= 15 is 0 Å². The summed E-state index contributed by atoms with van der Waals surface area (Å²) >= 11 is 3.41. The molecule has 4 nitrogen and oxygen atoms in total. The molecule has 0 fully saturated rings. The highest BCUT2D eigenvalue weighted by molar-refractivity contribution is 9.10. The number of hydrogen-bond donors (Lipinski definition) is 1. The fourth-order valence-corrected chi connectivity index (χ4v) is 2.32. The number of rotatable bonds is 3. The van der Waals surface area contributed by atoms with Crippen LogP contribution in [0.1, 0.15) is 30.0 Å². The van der Waals surface area contributed by atoms with Gasteiger partial charge in [-0.05, 0) is 41.4 Å². The zero-order chi connectivity index (χ0) is 12.4. The van der Waals surface area contributed by atoms with Gasteiger partial charge in [0.25, 0.3) is 0 Å². The van der Waals surface area contributed by atoms with Crippen molar-refractivity contribution in [2.75, 3.05) is 0 Å². The van der Waals surface area contributed by atoms with Crippen molar-refractivity contribution in [1.82, 2.24) is 14.8 Å². The SMILES string of the molecule is CCn1ncc(Br)c1C(O)c1ncccc1C. The van der Waals surface area contributed by atoms with Gasteiger partial charge in [-0.15, -0.1) is 0 Å². The lowest BCUT2D eigenvalue weighted by Crippen LogP contribution is -2.12. The Morgan fingerprint density at radius 1 is 1.53 bits per heavy atom. The average Bonchev–Trinajstić information content (AvgIpc) is 2.70. The van der Waals surface area contributed by atoms with Crippen LogP contribution in [0, 0.1) is 6.92 Å². The number of aliphatic hydroxyl groups is 1. The van der Waals surface area contributed by atoms with E-state index in [2.05, 4.69) is 26.0 Å². The second-order valence-electron chi connectivity index (χ2n) is 3.80. The van der Waals surface area contributed by atoms with Crippen LogP contribution >= 0.6 is 15.9 Å². The fraction of sp³-hybridized carbons (Fsp3) is 0.333. The van der Waals surface area contributed by atoms with Crippen LogP contribution < -0.4 is 0 Å². The van der Waals surface area contributed by atoms with Gasteiger partial charge >= 0.3 is 0 Å². The summed E-state index contributed by atoms with van der Waals surface area (Å²) in [7, 11) is 0. The zero-order valence-electron chi connectivity index (χ0n) is 9.76. The molecule has 2 aromatic rings. The summed E-state index contributed by atoms with van der Waals surface area (Å²) in [5.74, 6) is 0. The predicted octanol–water partition coefficient (Wildman–Crippen LogP) is 2.45. The van der Waals surface area contributed by atoms with E-state index in [9.17, 15) is 5.11 Å². The van der Waals surface area contributed by atoms with Gasteiger partial charge in [0.1, 0.15) is 6.10 Å². The molecule has 0 aliphatic carbocycles. The fourth-order valence-electron chi connectivity index (χ4n) is 1.81. The maximum Gasteiger partial charge on any atom is 0.139 e. The Hall–Kier alpha value is -1.20. The molecule has 2 heterocycles. The van der Waals surface area contributed by atoms with Crippen LogP contribution in [0.4, 0.5) is 0 Å². The van der Waals surface area contributed by atoms with Gasteiger partial charge in [-0.3, -0.25) is 9.67 Å². The van der Waals surface area contributed by atoms with Crippen LogP contribution in [0.2, 0.25) is 0 Å². The van der Waals surface area contributed by atoms with Crippen LogP contribution in [-0.2, 0) is 6.54 Å². The summed E-state index contributed by atoms with van der Waals surface area (Å²) in [5.41, 5.74) is 2.38. The molecule has 0 aliphatic rings. The number of pyridine rings is 1. The predicted molar refractivity (Wildman–Crippen MR) is 68.6 cm³/mol. The molecule has 90 valence electrons. The molecule has 2 rings (SSSR count). The Morgan fingerprint density at radius 2 is 2.29 bits per heavy atom. The maximum atomic E-state index is 10.4. The molecule has 0 spiro atoms. The number of aliphatic hydroxyl groups excluding tert-OH is 1. The summed E-state index contributed by atoms with van der Waals surface area (Å²) < 4.78 is 2.57. The minimum Gasteiger partial charge on any atom is -0.380 e. The highest BCUT2D eigenvalue weighted by atomic mass is 79.9. The molecular weight excluding hydrogens is 282 g/mol. The van der Waals surface area contributed by atoms with Gasteiger partial charge in [0, 0.05) is 12.7 Å². The van der Waals surface area contributed by atoms with Gasteiger partial charge in [0.15, 0.2) is 0 Å². The number of halogens is 1. The van der Waals surface area contributed by atoms with Gasteiger partial charge in [-0.1, -0.05) is 6.07 Å². The van der Waals surface area contributed by atoms with Crippen LogP contribution in [0.3, 0.4) is 0 Å². The Morgan fingerprint density at radius 3 is 2.94 bits per heavy atom. The first kappa shape index (κ1) is 12.3. The van der Waals surface area contributed by atoms with Gasteiger partial charge in [0.05, 0.1) is 22.1 Å². The van der Waals surface area contributed by atoms with E-state index in [0.29, 0.717) is 12.2 Å². The first-order chi connectivity index (χ1) is 8.15. The summed E-state index contributed by atoms with van der Waals surface area (Å²) in [6.07, 6.45) is 2.62. The lowest BCUT2D eigenvalue weighted by atomic mass is 10.1. The summed E-state index contributed by atoms with van der Waals surface area (Å²) in [6.45, 7) is 4.64. The topological polar surface area (TPSA) is 50.9 Å². The second kappa shape index (κ2) is 4.98. The highest BCUT2D eigenvalue weighted by Crippen LogP contribution is 2.28. The maximum absolute atomic E-state index is 10.4. The first-order valence-electron chi connectivity index (χ1n) is 5.46. The quantitative estimate of drug-likeness (QED) is 0.946. The number of aryl methyl sites for hydroxylation is 2. The normalized spacial score (nSPS) is 12.7. The molecule has 0 aliphatic heterocycles. The van der Waals surface area contributed by atoms with Crippen molar-refractivity contribution < 1.29 is 5.11 Å². The monoisotopic (exact) mass is 295 g/mol.